The van der Waals surface area contributed by atoms with Gasteiger partial charge in [0.1, 0.15) is 5.58 Å². The van der Waals surface area contributed by atoms with Crippen molar-refractivity contribution in [3.63, 3.8) is 0 Å². The molecule has 6 rings (SSSR count). The maximum atomic E-state index is 14.5. The van der Waals surface area contributed by atoms with Crippen LogP contribution >= 0.6 is 0 Å². The first kappa shape index (κ1) is 21.1. The lowest BCUT2D eigenvalue weighted by molar-refractivity contribution is -0.126. The van der Waals surface area contributed by atoms with Gasteiger partial charge in [0.05, 0.1) is 23.2 Å². The number of para-hydroxylation sites is 2. The summed E-state index contributed by atoms with van der Waals surface area (Å²) in [6, 6.07) is 22.1. The Labute approximate surface area is 201 Å². The van der Waals surface area contributed by atoms with Gasteiger partial charge in [-0.1, -0.05) is 66.2 Å². The van der Waals surface area contributed by atoms with Crippen LogP contribution in [0.15, 0.2) is 94.7 Å². The van der Waals surface area contributed by atoms with Crippen molar-refractivity contribution in [3.05, 3.63) is 124 Å². The van der Waals surface area contributed by atoms with Crippen LogP contribution in [0.5, 0.6) is 0 Å². The molecular formula is C29H22N2O4. The van der Waals surface area contributed by atoms with Crippen molar-refractivity contribution >= 4 is 28.5 Å². The van der Waals surface area contributed by atoms with E-state index >= 15 is 0 Å². The van der Waals surface area contributed by atoms with E-state index in [4.69, 9.17) is 4.42 Å². The van der Waals surface area contributed by atoms with Crippen LogP contribution < -0.4 is 10.3 Å². The minimum Gasteiger partial charge on any atom is -0.450 e. The third-order valence-corrected chi connectivity index (χ3v) is 6.88. The summed E-state index contributed by atoms with van der Waals surface area (Å²) in [4.78, 5) is 45.2. The normalized spacial score (nSPS) is 18.4. The molecule has 172 valence electrons. The molecule has 0 bridgehead atoms. The third-order valence-electron chi connectivity index (χ3n) is 6.88. The number of carbonyl (C=O) groups is 2. The van der Waals surface area contributed by atoms with Crippen LogP contribution in [0.1, 0.15) is 32.8 Å². The van der Waals surface area contributed by atoms with E-state index in [-0.39, 0.29) is 29.2 Å². The fourth-order valence-electron chi connectivity index (χ4n) is 5.47. The van der Waals surface area contributed by atoms with Crippen molar-refractivity contribution < 1.29 is 14.0 Å². The van der Waals surface area contributed by atoms with E-state index < -0.39 is 11.4 Å². The summed E-state index contributed by atoms with van der Waals surface area (Å²) in [7, 11) is 0. The average Bonchev–Trinajstić information content (AvgIpc) is 3.25. The van der Waals surface area contributed by atoms with Crippen molar-refractivity contribution in [2.75, 3.05) is 11.4 Å². The molecule has 3 heterocycles. The van der Waals surface area contributed by atoms with Crippen LogP contribution in [0.2, 0.25) is 0 Å². The number of nitrogens with zero attached hydrogens (tertiary/aromatic N) is 2. The lowest BCUT2D eigenvalue weighted by Crippen LogP contribution is -2.53. The van der Waals surface area contributed by atoms with E-state index in [0.717, 1.165) is 11.1 Å². The van der Waals surface area contributed by atoms with Crippen LogP contribution in [0, 0.1) is 6.92 Å². The van der Waals surface area contributed by atoms with E-state index in [1.807, 2.05) is 55.5 Å². The summed E-state index contributed by atoms with van der Waals surface area (Å²) >= 11 is 0. The third kappa shape index (κ3) is 2.74. The van der Waals surface area contributed by atoms with Gasteiger partial charge in [0, 0.05) is 12.1 Å². The Bertz CT molecular complexity index is 1620. The van der Waals surface area contributed by atoms with E-state index in [1.165, 1.54) is 4.90 Å². The van der Waals surface area contributed by atoms with Crippen molar-refractivity contribution in [1.82, 2.24) is 4.90 Å². The van der Waals surface area contributed by atoms with Crippen LogP contribution in [-0.2, 0) is 16.9 Å². The molecule has 0 saturated carbocycles. The molecule has 0 aliphatic carbocycles. The zero-order chi connectivity index (χ0) is 24.3. The summed E-state index contributed by atoms with van der Waals surface area (Å²) in [5.41, 5.74) is 1.70. The lowest BCUT2D eigenvalue weighted by Gasteiger charge is -2.33. The maximum Gasteiger partial charge on any atom is 0.291 e. The summed E-state index contributed by atoms with van der Waals surface area (Å²) < 4.78 is 6.00. The number of fused-ring (bicyclic) bond motifs is 5. The number of anilines is 1. The number of amides is 2. The van der Waals surface area contributed by atoms with Gasteiger partial charge in [-0.15, -0.1) is 6.58 Å². The highest BCUT2D eigenvalue weighted by molar-refractivity contribution is 6.17. The van der Waals surface area contributed by atoms with Gasteiger partial charge in [-0.2, -0.15) is 0 Å². The molecule has 1 unspecified atom stereocenters. The second-order valence-corrected chi connectivity index (χ2v) is 8.94. The van der Waals surface area contributed by atoms with Gasteiger partial charge in [0.25, 0.3) is 11.8 Å². The number of hydrogen-bond acceptors (Lipinski definition) is 4. The second-order valence-electron chi connectivity index (χ2n) is 8.94. The SMILES string of the molecule is C=CCN1C(=O)c2oc3ccccc3c(=O)c2C12C(=O)N(Cc1cccc(C)c1)c1ccccc12. The molecule has 6 nitrogen and oxygen atoms in total. The summed E-state index contributed by atoms with van der Waals surface area (Å²) in [6.45, 7) is 6.19. The Morgan fingerprint density at radius 1 is 0.971 bits per heavy atom. The van der Waals surface area contributed by atoms with Crippen LogP contribution in [0.4, 0.5) is 5.69 Å². The highest BCUT2D eigenvalue weighted by Gasteiger charge is 2.64. The van der Waals surface area contributed by atoms with Gasteiger partial charge in [-0.25, -0.2) is 0 Å². The minimum atomic E-state index is -1.62. The van der Waals surface area contributed by atoms with Gasteiger partial charge in [-0.3, -0.25) is 14.4 Å². The molecule has 0 radical (unpaired) electrons. The Balaban J connectivity index is 1.66. The van der Waals surface area contributed by atoms with Crippen molar-refractivity contribution in [3.8, 4) is 0 Å². The Kier molecular flexibility index (Phi) is 4.54. The number of carbonyl (C=O) groups excluding carboxylic acids is 2. The van der Waals surface area contributed by atoms with Crippen molar-refractivity contribution in [2.45, 2.75) is 19.0 Å². The van der Waals surface area contributed by atoms with Gasteiger partial charge in [-0.05, 0) is 30.7 Å². The highest BCUT2D eigenvalue weighted by Crippen LogP contribution is 2.52. The highest BCUT2D eigenvalue weighted by atomic mass is 16.3. The van der Waals surface area contributed by atoms with E-state index in [2.05, 4.69) is 6.58 Å². The first-order valence-corrected chi connectivity index (χ1v) is 11.4. The maximum absolute atomic E-state index is 14.5. The molecule has 1 aromatic heterocycles. The molecule has 3 aromatic carbocycles. The molecule has 2 aliphatic heterocycles. The molecule has 0 fully saturated rings. The Morgan fingerprint density at radius 2 is 1.74 bits per heavy atom. The number of rotatable bonds is 4. The molecule has 0 N–H and O–H groups in total. The number of hydrogen-bond donors (Lipinski definition) is 0. The smallest absolute Gasteiger partial charge is 0.291 e. The summed E-state index contributed by atoms with van der Waals surface area (Å²) in [5.74, 6) is -0.934. The predicted molar refractivity (Wildman–Crippen MR) is 133 cm³/mol. The average molecular weight is 463 g/mol. The Morgan fingerprint density at radius 3 is 2.54 bits per heavy atom. The lowest BCUT2D eigenvalue weighted by atomic mass is 9.84. The number of benzene rings is 3. The van der Waals surface area contributed by atoms with Crippen molar-refractivity contribution in [1.29, 1.82) is 0 Å². The molecule has 2 amide bonds. The summed E-state index contributed by atoms with van der Waals surface area (Å²) in [6.07, 6.45) is 1.56. The van der Waals surface area contributed by atoms with Crippen LogP contribution in [0.25, 0.3) is 11.0 Å². The first-order valence-electron chi connectivity index (χ1n) is 11.4. The van der Waals surface area contributed by atoms with Gasteiger partial charge < -0.3 is 14.2 Å². The molecular weight excluding hydrogens is 440 g/mol. The number of aryl methyl sites for hydroxylation is 1. The standard InChI is InChI=1S/C29H22N2O4/c1-3-15-31-27(33)26-24(25(32)20-11-4-7-14-23(20)35-26)29(31)21-12-5-6-13-22(21)30(28(29)34)17-19-10-8-9-18(2)16-19/h3-14,16H,1,15,17H2,2H3. The van der Waals surface area contributed by atoms with Crippen molar-refractivity contribution in [2.24, 2.45) is 0 Å². The predicted octanol–water partition coefficient (Wildman–Crippen LogP) is 4.53. The molecule has 2 aliphatic rings. The van der Waals surface area contributed by atoms with E-state index in [0.29, 0.717) is 28.8 Å². The fraction of sp³-hybridized carbons (Fsp3) is 0.138. The van der Waals surface area contributed by atoms with Crippen LogP contribution in [0.3, 0.4) is 0 Å². The van der Waals surface area contributed by atoms with E-state index in [1.54, 1.807) is 35.2 Å². The zero-order valence-corrected chi connectivity index (χ0v) is 19.2. The zero-order valence-electron chi connectivity index (χ0n) is 19.2. The molecule has 1 spiro atoms. The van der Waals surface area contributed by atoms with Crippen LogP contribution in [-0.4, -0.2) is 23.3 Å². The summed E-state index contributed by atoms with van der Waals surface area (Å²) in [5, 5.41) is 0.335. The first-order chi connectivity index (χ1) is 17.0. The van der Waals surface area contributed by atoms with Gasteiger partial charge in [0.15, 0.2) is 11.0 Å². The monoisotopic (exact) mass is 462 g/mol. The second kappa shape index (κ2) is 7.53. The molecule has 1 atom stereocenters. The molecule has 6 heteroatoms. The minimum absolute atomic E-state index is 0.0762. The molecule has 35 heavy (non-hydrogen) atoms. The topological polar surface area (TPSA) is 70.8 Å². The van der Waals surface area contributed by atoms with Gasteiger partial charge in [0.2, 0.25) is 5.76 Å². The fourth-order valence-corrected chi connectivity index (χ4v) is 5.47. The molecule has 0 saturated heterocycles. The largest absolute Gasteiger partial charge is 0.450 e. The quantitative estimate of drug-likeness (QED) is 0.418. The Hall–Kier alpha value is -4.45. The van der Waals surface area contributed by atoms with E-state index in [9.17, 15) is 14.4 Å². The molecule has 4 aromatic rings. The van der Waals surface area contributed by atoms with Gasteiger partial charge >= 0.3 is 0 Å².